The Morgan fingerprint density at radius 2 is 1.62 bits per heavy atom. The molecule has 0 radical (unpaired) electrons. The summed E-state index contributed by atoms with van der Waals surface area (Å²) >= 11 is 0.132. The van der Waals surface area contributed by atoms with Crippen LogP contribution in [0.25, 0.3) is 0 Å². The van der Waals surface area contributed by atoms with Crippen LogP contribution in [0, 0.1) is 10.1 Å². The van der Waals surface area contributed by atoms with E-state index in [1.54, 1.807) is 12.1 Å². The third kappa shape index (κ3) is 2.69. The molecule has 0 atom stereocenters. The molecule has 0 aromatic heterocycles. The molecule has 0 heterocycles. The van der Waals surface area contributed by atoms with Gasteiger partial charge in [0.25, 0.3) is 0 Å². The SMILES string of the molecule is O=[N+]([O-])c1cccc([Se]c2ccccc2)c1. The fourth-order valence-electron chi connectivity index (χ4n) is 1.29. The van der Waals surface area contributed by atoms with Gasteiger partial charge < -0.3 is 0 Å². The second-order valence-electron chi connectivity index (χ2n) is 3.17. The van der Waals surface area contributed by atoms with Gasteiger partial charge in [-0.1, -0.05) is 0 Å². The number of hydrogen-bond donors (Lipinski definition) is 0. The van der Waals surface area contributed by atoms with E-state index >= 15 is 0 Å². The van der Waals surface area contributed by atoms with E-state index in [-0.39, 0.29) is 25.6 Å². The molecule has 2 aromatic rings. The normalized spacial score (nSPS) is 10.0. The van der Waals surface area contributed by atoms with E-state index < -0.39 is 0 Å². The van der Waals surface area contributed by atoms with Crippen LogP contribution in [0.4, 0.5) is 5.69 Å². The van der Waals surface area contributed by atoms with Crippen molar-refractivity contribution in [1.82, 2.24) is 0 Å². The van der Waals surface area contributed by atoms with Gasteiger partial charge in [0.05, 0.1) is 0 Å². The Morgan fingerprint density at radius 1 is 0.938 bits per heavy atom. The summed E-state index contributed by atoms with van der Waals surface area (Å²) < 4.78 is 2.24. The summed E-state index contributed by atoms with van der Waals surface area (Å²) in [5.74, 6) is 0. The fourth-order valence-corrected chi connectivity index (χ4v) is 3.16. The first-order chi connectivity index (χ1) is 7.75. The summed E-state index contributed by atoms with van der Waals surface area (Å²) in [6.45, 7) is 0. The zero-order valence-corrected chi connectivity index (χ0v) is 10.1. The molecule has 0 N–H and O–H groups in total. The van der Waals surface area contributed by atoms with Gasteiger partial charge in [-0.2, -0.15) is 0 Å². The molecule has 4 heteroatoms. The van der Waals surface area contributed by atoms with E-state index in [9.17, 15) is 10.1 Å². The number of nitro groups is 1. The first kappa shape index (κ1) is 10.9. The number of nitro benzene ring substituents is 1. The molecular formula is C12H9NO2Se. The molecule has 80 valence electrons. The second kappa shape index (κ2) is 4.92. The molecule has 0 bridgehead atoms. The molecule has 0 aliphatic carbocycles. The third-order valence-corrected chi connectivity index (χ3v) is 4.10. The monoisotopic (exact) mass is 279 g/mol. The van der Waals surface area contributed by atoms with E-state index in [0.717, 1.165) is 4.46 Å². The van der Waals surface area contributed by atoms with Crippen molar-refractivity contribution < 1.29 is 4.92 Å². The van der Waals surface area contributed by atoms with Crippen LogP contribution < -0.4 is 8.92 Å². The number of rotatable bonds is 3. The van der Waals surface area contributed by atoms with Crippen molar-refractivity contribution in [1.29, 1.82) is 0 Å². The average Bonchev–Trinajstić information content (AvgIpc) is 2.30. The van der Waals surface area contributed by atoms with Gasteiger partial charge in [0, 0.05) is 0 Å². The topological polar surface area (TPSA) is 43.1 Å². The Balaban J connectivity index is 2.22. The molecular weight excluding hydrogens is 269 g/mol. The van der Waals surface area contributed by atoms with E-state index in [1.807, 2.05) is 36.4 Å². The standard InChI is InChI=1S/C12H9NO2Se/c14-13(15)10-5-4-8-12(9-10)16-11-6-2-1-3-7-11/h1-9H. The predicted octanol–water partition coefficient (Wildman–Crippen LogP) is 1.25. The van der Waals surface area contributed by atoms with Gasteiger partial charge in [0.1, 0.15) is 0 Å². The van der Waals surface area contributed by atoms with E-state index in [4.69, 9.17) is 0 Å². The van der Waals surface area contributed by atoms with Crippen molar-refractivity contribution in [2.24, 2.45) is 0 Å². The quantitative estimate of drug-likeness (QED) is 0.482. The van der Waals surface area contributed by atoms with E-state index in [1.165, 1.54) is 10.5 Å². The van der Waals surface area contributed by atoms with Crippen LogP contribution in [0.15, 0.2) is 54.6 Å². The number of benzene rings is 2. The third-order valence-electron chi connectivity index (χ3n) is 2.01. The van der Waals surface area contributed by atoms with Crippen LogP contribution in [0.3, 0.4) is 0 Å². The van der Waals surface area contributed by atoms with Crippen LogP contribution in [0.2, 0.25) is 0 Å². The van der Waals surface area contributed by atoms with Crippen molar-refractivity contribution in [3.63, 3.8) is 0 Å². The van der Waals surface area contributed by atoms with Crippen LogP contribution in [-0.2, 0) is 0 Å². The zero-order chi connectivity index (χ0) is 11.4. The Labute approximate surface area is 99.4 Å². The summed E-state index contributed by atoms with van der Waals surface area (Å²) in [5.41, 5.74) is 0.162. The first-order valence-corrected chi connectivity index (χ1v) is 6.44. The molecule has 0 spiro atoms. The minimum atomic E-state index is -0.357. The molecule has 0 aliphatic rings. The van der Waals surface area contributed by atoms with Gasteiger partial charge in [-0.25, -0.2) is 0 Å². The zero-order valence-electron chi connectivity index (χ0n) is 8.37. The molecule has 2 rings (SSSR count). The average molecular weight is 278 g/mol. The van der Waals surface area contributed by atoms with Crippen LogP contribution in [-0.4, -0.2) is 19.9 Å². The Hall–Kier alpha value is -1.64. The van der Waals surface area contributed by atoms with E-state index in [0.29, 0.717) is 0 Å². The Bertz CT molecular complexity index is 499. The second-order valence-corrected chi connectivity index (χ2v) is 5.58. The minimum absolute atomic E-state index is 0.132. The van der Waals surface area contributed by atoms with E-state index in [2.05, 4.69) is 0 Å². The van der Waals surface area contributed by atoms with Gasteiger partial charge in [-0.15, -0.1) is 0 Å². The predicted molar refractivity (Wildman–Crippen MR) is 64.6 cm³/mol. The Kier molecular flexibility index (Phi) is 3.34. The number of hydrogen-bond acceptors (Lipinski definition) is 2. The maximum absolute atomic E-state index is 10.6. The number of non-ortho nitro benzene ring substituents is 1. The first-order valence-electron chi connectivity index (χ1n) is 4.73. The van der Waals surface area contributed by atoms with Crippen molar-refractivity contribution in [2.75, 3.05) is 0 Å². The van der Waals surface area contributed by atoms with Gasteiger partial charge in [-0.05, 0) is 0 Å². The summed E-state index contributed by atoms with van der Waals surface area (Å²) in [4.78, 5) is 10.3. The molecule has 0 saturated carbocycles. The van der Waals surface area contributed by atoms with Gasteiger partial charge in [0.15, 0.2) is 0 Å². The number of nitrogens with zero attached hydrogens (tertiary/aromatic N) is 1. The van der Waals surface area contributed by atoms with Gasteiger partial charge in [0.2, 0.25) is 0 Å². The summed E-state index contributed by atoms with van der Waals surface area (Å²) in [7, 11) is 0. The summed E-state index contributed by atoms with van der Waals surface area (Å²) in [5, 5.41) is 10.6. The van der Waals surface area contributed by atoms with Crippen molar-refractivity contribution in [3.8, 4) is 0 Å². The fraction of sp³-hybridized carbons (Fsp3) is 0. The van der Waals surface area contributed by atoms with Crippen molar-refractivity contribution in [2.45, 2.75) is 0 Å². The van der Waals surface area contributed by atoms with Gasteiger partial charge >= 0.3 is 99.2 Å². The molecule has 0 saturated heterocycles. The molecule has 2 aromatic carbocycles. The molecule has 0 fully saturated rings. The van der Waals surface area contributed by atoms with Crippen LogP contribution >= 0.6 is 0 Å². The Morgan fingerprint density at radius 3 is 2.31 bits per heavy atom. The van der Waals surface area contributed by atoms with Crippen molar-refractivity contribution >= 4 is 29.6 Å². The molecule has 3 nitrogen and oxygen atoms in total. The van der Waals surface area contributed by atoms with Crippen molar-refractivity contribution in [3.05, 3.63) is 64.7 Å². The van der Waals surface area contributed by atoms with Crippen LogP contribution in [0.5, 0.6) is 0 Å². The molecule has 0 unspecified atom stereocenters. The van der Waals surface area contributed by atoms with Crippen LogP contribution in [0.1, 0.15) is 0 Å². The summed E-state index contributed by atoms with van der Waals surface area (Å²) in [6.07, 6.45) is 0. The maximum atomic E-state index is 10.6. The molecule has 0 amide bonds. The summed E-state index contributed by atoms with van der Waals surface area (Å²) in [6, 6.07) is 16.8. The molecule has 16 heavy (non-hydrogen) atoms. The van der Waals surface area contributed by atoms with Gasteiger partial charge in [-0.3, -0.25) is 0 Å². The molecule has 0 aliphatic heterocycles.